The van der Waals surface area contributed by atoms with Gasteiger partial charge in [-0.2, -0.15) is 9.78 Å². The van der Waals surface area contributed by atoms with Crippen LogP contribution in [0.25, 0.3) is 28.2 Å². The Morgan fingerprint density at radius 1 is 1.03 bits per heavy atom. The van der Waals surface area contributed by atoms with E-state index >= 15 is 0 Å². The third-order valence-corrected chi connectivity index (χ3v) is 4.99. The Morgan fingerprint density at radius 2 is 1.88 bits per heavy atom. The molecule has 0 bridgehead atoms. The first-order chi connectivity index (χ1) is 15.7. The molecule has 0 aliphatic carbocycles. The molecule has 1 atom stereocenters. The van der Waals surface area contributed by atoms with Gasteiger partial charge in [-0.25, -0.2) is 19.9 Å². The zero-order chi connectivity index (χ0) is 22.1. The topological polar surface area (TPSA) is 139 Å². The lowest BCUT2D eigenvalue weighted by molar-refractivity contribution is 0.210. The van der Waals surface area contributed by atoms with Crippen LogP contribution in [-0.4, -0.2) is 34.7 Å². The van der Waals surface area contributed by atoms with Crippen molar-refractivity contribution in [3.63, 3.8) is 0 Å². The van der Waals surface area contributed by atoms with Crippen LogP contribution in [0, 0.1) is 11.3 Å². The van der Waals surface area contributed by atoms with E-state index in [1.54, 1.807) is 42.6 Å². The van der Waals surface area contributed by atoms with Crippen molar-refractivity contribution in [1.29, 1.82) is 5.26 Å². The number of nitrogens with two attached hydrogens (primary N) is 1. The van der Waals surface area contributed by atoms with E-state index in [2.05, 4.69) is 31.1 Å². The normalized spacial score (nSPS) is 11.9. The first-order valence-electron chi connectivity index (χ1n) is 9.72. The largest absolute Gasteiger partial charge is 0.380 e. The van der Waals surface area contributed by atoms with Gasteiger partial charge in [0.1, 0.15) is 12.4 Å². The highest BCUT2D eigenvalue weighted by atomic mass is 16.3. The molecule has 0 aliphatic heterocycles. The van der Waals surface area contributed by atoms with Crippen molar-refractivity contribution in [2.45, 2.75) is 6.10 Å². The fourth-order valence-corrected chi connectivity index (χ4v) is 3.49. The van der Waals surface area contributed by atoms with Crippen molar-refractivity contribution in [2.75, 3.05) is 5.73 Å². The summed E-state index contributed by atoms with van der Waals surface area (Å²) in [5.74, 6) is 0.275. The number of aromatic nitrogens is 6. The summed E-state index contributed by atoms with van der Waals surface area (Å²) in [6.07, 6.45) is 1.99. The lowest BCUT2D eigenvalue weighted by Crippen LogP contribution is -2.07. The first kappa shape index (κ1) is 19.3. The van der Waals surface area contributed by atoms with Gasteiger partial charge in [0.2, 0.25) is 5.95 Å². The van der Waals surface area contributed by atoms with Crippen LogP contribution >= 0.6 is 0 Å². The van der Waals surface area contributed by atoms with E-state index < -0.39 is 6.10 Å². The van der Waals surface area contributed by atoms with Crippen LogP contribution in [0.15, 0.2) is 73.2 Å². The van der Waals surface area contributed by atoms with Crippen LogP contribution in [0.1, 0.15) is 23.1 Å². The number of hydrogen-bond donors (Lipinski definition) is 2. The van der Waals surface area contributed by atoms with Crippen LogP contribution in [-0.2, 0) is 0 Å². The first-order valence-corrected chi connectivity index (χ1v) is 9.72. The van der Waals surface area contributed by atoms with Gasteiger partial charge in [0.25, 0.3) is 0 Å². The zero-order valence-electron chi connectivity index (χ0n) is 16.7. The molecule has 9 heteroatoms. The molecule has 154 valence electrons. The third kappa shape index (κ3) is 3.30. The number of aliphatic hydroxyl groups excluding tert-OH is 1. The van der Waals surface area contributed by atoms with E-state index in [0.717, 1.165) is 0 Å². The second-order valence-corrected chi connectivity index (χ2v) is 7.00. The third-order valence-electron chi connectivity index (χ3n) is 4.99. The van der Waals surface area contributed by atoms with E-state index in [9.17, 15) is 10.4 Å². The molecular formula is C23H16N8O. The summed E-state index contributed by atoms with van der Waals surface area (Å²) in [7, 11) is 0. The van der Waals surface area contributed by atoms with Crippen molar-refractivity contribution in [1.82, 2.24) is 29.5 Å². The van der Waals surface area contributed by atoms with Gasteiger partial charge in [-0.1, -0.05) is 42.5 Å². The molecule has 0 spiro atoms. The molecule has 3 N–H and O–H groups in total. The van der Waals surface area contributed by atoms with Gasteiger partial charge < -0.3 is 10.8 Å². The highest BCUT2D eigenvalue weighted by Crippen LogP contribution is 2.34. The summed E-state index contributed by atoms with van der Waals surface area (Å²) in [6.45, 7) is 0. The average Bonchev–Trinajstić information content (AvgIpc) is 3.30. The number of anilines is 1. The Labute approximate surface area is 182 Å². The number of nitrogen functional groups attached to an aromatic ring is 1. The number of fused-ring (bicyclic) bond motifs is 1. The molecule has 5 aromatic rings. The Morgan fingerprint density at radius 3 is 2.62 bits per heavy atom. The van der Waals surface area contributed by atoms with E-state index in [-0.39, 0.29) is 11.8 Å². The van der Waals surface area contributed by atoms with Crippen molar-refractivity contribution in [3.8, 4) is 28.6 Å². The van der Waals surface area contributed by atoms with Crippen molar-refractivity contribution >= 4 is 11.6 Å². The fourth-order valence-electron chi connectivity index (χ4n) is 3.49. The molecule has 0 radical (unpaired) electrons. The molecule has 9 nitrogen and oxygen atoms in total. The maximum atomic E-state index is 10.8. The number of nitriles is 1. The van der Waals surface area contributed by atoms with Crippen LogP contribution in [0.4, 0.5) is 5.95 Å². The minimum absolute atomic E-state index is 0.0918. The molecule has 2 aromatic carbocycles. The molecule has 0 saturated carbocycles. The predicted octanol–water partition coefficient (Wildman–Crippen LogP) is 2.78. The smallest absolute Gasteiger partial charge is 0.223 e. The van der Waals surface area contributed by atoms with Gasteiger partial charge >= 0.3 is 0 Å². The van der Waals surface area contributed by atoms with Crippen LogP contribution < -0.4 is 5.73 Å². The minimum Gasteiger partial charge on any atom is -0.380 e. The van der Waals surface area contributed by atoms with E-state index in [0.29, 0.717) is 39.3 Å². The SMILES string of the molecule is N#Cc1cccc(-c2nc(N)n3nc([C@H](O)c4ccccc4)nc3c2-c2ccncn2)c1. The van der Waals surface area contributed by atoms with Crippen LogP contribution in [0.5, 0.6) is 0 Å². The van der Waals surface area contributed by atoms with Gasteiger partial charge in [0.15, 0.2) is 11.5 Å². The van der Waals surface area contributed by atoms with Crippen molar-refractivity contribution in [3.05, 3.63) is 90.1 Å². The molecule has 3 heterocycles. The van der Waals surface area contributed by atoms with Crippen LogP contribution in [0.2, 0.25) is 0 Å². The van der Waals surface area contributed by atoms with Gasteiger partial charge in [-0.3, -0.25) is 0 Å². The maximum absolute atomic E-state index is 10.8. The predicted molar refractivity (Wildman–Crippen MR) is 117 cm³/mol. The molecule has 32 heavy (non-hydrogen) atoms. The molecule has 0 saturated heterocycles. The van der Waals surface area contributed by atoms with Crippen molar-refractivity contribution < 1.29 is 5.11 Å². The Kier molecular flexibility index (Phi) is 4.74. The number of aliphatic hydroxyl groups is 1. The summed E-state index contributed by atoms with van der Waals surface area (Å²) < 4.78 is 1.39. The Balaban J connectivity index is 1.79. The fraction of sp³-hybridized carbons (Fsp3) is 0.0435. The molecule has 0 amide bonds. The van der Waals surface area contributed by atoms with Gasteiger partial charge in [-0.05, 0) is 23.8 Å². The second-order valence-electron chi connectivity index (χ2n) is 7.00. The van der Waals surface area contributed by atoms with Gasteiger partial charge in [0.05, 0.1) is 28.6 Å². The molecule has 0 aliphatic rings. The monoisotopic (exact) mass is 420 g/mol. The summed E-state index contributed by atoms with van der Waals surface area (Å²) in [5.41, 5.74) is 10.1. The number of benzene rings is 2. The molecule has 0 unspecified atom stereocenters. The lowest BCUT2D eigenvalue weighted by Gasteiger charge is -2.11. The second kappa shape index (κ2) is 7.86. The van der Waals surface area contributed by atoms with Crippen molar-refractivity contribution in [2.24, 2.45) is 0 Å². The Hall–Kier alpha value is -4.68. The Bertz CT molecular complexity index is 1460. The molecular weight excluding hydrogens is 404 g/mol. The quantitative estimate of drug-likeness (QED) is 0.452. The molecule has 3 aromatic heterocycles. The molecule has 5 rings (SSSR count). The number of nitrogens with zero attached hydrogens (tertiary/aromatic N) is 7. The van der Waals surface area contributed by atoms with E-state index in [1.165, 1.54) is 10.8 Å². The van der Waals surface area contributed by atoms with Crippen LogP contribution in [0.3, 0.4) is 0 Å². The highest BCUT2D eigenvalue weighted by Gasteiger charge is 2.23. The minimum atomic E-state index is -1.04. The van der Waals surface area contributed by atoms with Gasteiger partial charge in [0, 0.05) is 11.8 Å². The average molecular weight is 420 g/mol. The number of hydrogen-bond acceptors (Lipinski definition) is 8. The zero-order valence-corrected chi connectivity index (χ0v) is 16.7. The lowest BCUT2D eigenvalue weighted by atomic mass is 10.0. The highest BCUT2D eigenvalue weighted by molar-refractivity contribution is 5.89. The van der Waals surface area contributed by atoms with Gasteiger partial charge in [-0.15, -0.1) is 5.10 Å². The molecule has 0 fully saturated rings. The standard InChI is InChI=1S/C23H16N8O/c24-12-14-5-4-8-16(11-14)19-18(17-9-10-26-13-27-17)22-29-21(30-31(22)23(25)28-19)20(32)15-6-2-1-3-7-15/h1-11,13,20,32H,(H2,25,28)/t20-/m1/s1. The van der Waals surface area contributed by atoms with E-state index in [4.69, 9.17) is 5.73 Å². The van der Waals surface area contributed by atoms with E-state index in [1.807, 2.05) is 24.3 Å². The summed E-state index contributed by atoms with van der Waals surface area (Å²) in [6, 6.07) is 20.0. The maximum Gasteiger partial charge on any atom is 0.223 e. The summed E-state index contributed by atoms with van der Waals surface area (Å²) in [5, 5.41) is 24.6. The summed E-state index contributed by atoms with van der Waals surface area (Å²) in [4.78, 5) is 17.5. The number of rotatable bonds is 4. The summed E-state index contributed by atoms with van der Waals surface area (Å²) >= 11 is 0.